The van der Waals surface area contributed by atoms with E-state index in [4.69, 9.17) is 4.74 Å². The number of nitrogens with zero attached hydrogens (tertiary/aromatic N) is 2. The molecule has 0 saturated carbocycles. The first-order chi connectivity index (χ1) is 12.5. The van der Waals surface area contributed by atoms with Crippen LogP contribution in [0.15, 0.2) is 30.3 Å². The summed E-state index contributed by atoms with van der Waals surface area (Å²) in [6.07, 6.45) is 1.74. The topological polar surface area (TPSA) is 56.2 Å². The Hall–Kier alpha value is -2.25. The molecule has 3 aromatic rings. The largest absolute Gasteiger partial charge is 0.376 e. The van der Waals surface area contributed by atoms with Gasteiger partial charge in [0.15, 0.2) is 0 Å². The number of rotatable bonds is 4. The molecule has 1 N–H and O–H groups in total. The molecule has 1 aliphatic rings. The smallest absolute Gasteiger partial charge is 0.262 e. The zero-order valence-corrected chi connectivity index (χ0v) is 15.5. The summed E-state index contributed by atoms with van der Waals surface area (Å²) in [6, 6.07) is 7.84. The van der Waals surface area contributed by atoms with Crippen LogP contribution in [0.25, 0.3) is 10.2 Å². The molecule has 2 atom stereocenters. The quantitative estimate of drug-likeness (QED) is 0.758. The lowest BCUT2D eigenvalue weighted by Crippen LogP contribution is -2.35. The second-order valence-corrected chi connectivity index (χ2v) is 7.62. The summed E-state index contributed by atoms with van der Waals surface area (Å²) in [6.45, 7) is 2.62. The van der Waals surface area contributed by atoms with Gasteiger partial charge in [0.1, 0.15) is 10.6 Å². The van der Waals surface area contributed by atoms with Gasteiger partial charge in [0.2, 0.25) is 0 Å². The molecule has 7 heteroatoms. The van der Waals surface area contributed by atoms with Gasteiger partial charge in [-0.2, -0.15) is 5.10 Å². The Morgan fingerprint density at radius 2 is 2.19 bits per heavy atom. The molecule has 26 heavy (non-hydrogen) atoms. The summed E-state index contributed by atoms with van der Waals surface area (Å²) < 4.78 is 20.9. The van der Waals surface area contributed by atoms with E-state index in [2.05, 4.69) is 10.4 Å². The molecule has 5 nitrogen and oxygen atoms in total. The summed E-state index contributed by atoms with van der Waals surface area (Å²) >= 11 is 1.42. The van der Waals surface area contributed by atoms with Crippen molar-refractivity contribution in [2.45, 2.75) is 31.9 Å². The fraction of sp³-hybridized carbons (Fsp3) is 0.368. The second-order valence-electron chi connectivity index (χ2n) is 6.59. The predicted octanol–water partition coefficient (Wildman–Crippen LogP) is 3.73. The summed E-state index contributed by atoms with van der Waals surface area (Å²) in [4.78, 5) is 14.5. The molecule has 0 unspecified atom stereocenters. The van der Waals surface area contributed by atoms with E-state index in [1.807, 2.05) is 20.0 Å². The SMILES string of the molecule is Cc1nn(C)c2sc(C(=O)N[C@@H](c3ccc(F)cc3)[C@@H]3CCCO3)cc12. The van der Waals surface area contributed by atoms with Crippen LogP contribution in [0, 0.1) is 12.7 Å². The Morgan fingerprint density at radius 1 is 1.42 bits per heavy atom. The number of hydrogen-bond donors (Lipinski definition) is 1. The average Bonchev–Trinajstić information content (AvgIpc) is 3.34. The van der Waals surface area contributed by atoms with Crippen molar-refractivity contribution in [2.75, 3.05) is 6.61 Å². The highest BCUT2D eigenvalue weighted by Crippen LogP contribution is 2.30. The van der Waals surface area contributed by atoms with Gasteiger partial charge in [-0.05, 0) is 43.5 Å². The maximum atomic E-state index is 13.3. The van der Waals surface area contributed by atoms with E-state index in [9.17, 15) is 9.18 Å². The van der Waals surface area contributed by atoms with E-state index >= 15 is 0 Å². The van der Waals surface area contributed by atoms with Gasteiger partial charge >= 0.3 is 0 Å². The van der Waals surface area contributed by atoms with Gasteiger partial charge in [-0.15, -0.1) is 11.3 Å². The first kappa shape index (κ1) is 17.2. The minimum absolute atomic E-state index is 0.0952. The van der Waals surface area contributed by atoms with Crippen LogP contribution < -0.4 is 5.32 Å². The Balaban J connectivity index is 1.62. The molecule has 4 rings (SSSR count). The molecule has 0 radical (unpaired) electrons. The second kappa shape index (κ2) is 6.81. The third-order valence-corrected chi connectivity index (χ3v) is 5.97. The number of benzene rings is 1. The molecule has 136 valence electrons. The molecular weight excluding hydrogens is 353 g/mol. The molecule has 2 aromatic heterocycles. The standard InChI is InChI=1S/C19H20FN3O2S/c1-11-14-10-16(26-19(14)23(2)22-11)18(24)21-17(15-4-3-9-25-15)12-5-7-13(20)8-6-12/h5-8,10,15,17H,3-4,9H2,1-2H3,(H,21,24)/t15-,17-/m0/s1. The van der Waals surface area contributed by atoms with E-state index in [-0.39, 0.29) is 23.9 Å². The first-order valence-electron chi connectivity index (χ1n) is 8.64. The number of aromatic nitrogens is 2. The molecule has 3 heterocycles. The monoisotopic (exact) mass is 373 g/mol. The minimum Gasteiger partial charge on any atom is -0.376 e. The van der Waals surface area contributed by atoms with Gasteiger partial charge in [0.05, 0.1) is 22.7 Å². The van der Waals surface area contributed by atoms with Crippen LogP contribution in [0.3, 0.4) is 0 Å². The zero-order chi connectivity index (χ0) is 18.3. The first-order valence-corrected chi connectivity index (χ1v) is 9.45. The molecule has 1 amide bonds. The molecule has 0 bridgehead atoms. The fourth-order valence-electron chi connectivity index (χ4n) is 3.46. The van der Waals surface area contributed by atoms with Crippen molar-refractivity contribution in [3.8, 4) is 0 Å². The van der Waals surface area contributed by atoms with Gasteiger partial charge in [0, 0.05) is 19.0 Å². The fourth-order valence-corrected chi connectivity index (χ4v) is 4.48. The lowest BCUT2D eigenvalue weighted by molar-refractivity contribution is 0.0674. The van der Waals surface area contributed by atoms with E-state index < -0.39 is 0 Å². The Labute approximate surface area is 154 Å². The summed E-state index contributed by atoms with van der Waals surface area (Å²) in [7, 11) is 1.88. The van der Waals surface area contributed by atoms with Crippen molar-refractivity contribution < 1.29 is 13.9 Å². The van der Waals surface area contributed by atoms with Crippen LogP contribution in [0.4, 0.5) is 4.39 Å². The Kier molecular flexibility index (Phi) is 4.50. The van der Waals surface area contributed by atoms with Crippen LogP contribution in [0.1, 0.15) is 39.8 Å². The van der Waals surface area contributed by atoms with Crippen molar-refractivity contribution in [2.24, 2.45) is 7.05 Å². The summed E-state index contributed by atoms with van der Waals surface area (Å²) in [5.41, 5.74) is 1.76. The van der Waals surface area contributed by atoms with Gasteiger partial charge in [-0.3, -0.25) is 9.48 Å². The van der Waals surface area contributed by atoms with Crippen LogP contribution in [0.2, 0.25) is 0 Å². The highest BCUT2D eigenvalue weighted by atomic mass is 32.1. The van der Waals surface area contributed by atoms with E-state index in [1.165, 1.54) is 23.5 Å². The van der Waals surface area contributed by atoms with Crippen LogP contribution >= 0.6 is 11.3 Å². The number of thiophene rings is 1. The maximum Gasteiger partial charge on any atom is 0.262 e. The number of ether oxygens (including phenoxy) is 1. The Morgan fingerprint density at radius 3 is 2.85 bits per heavy atom. The van der Waals surface area contributed by atoms with Crippen LogP contribution in [0.5, 0.6) is 0 Å². The molecular formula is C19H20FN3O2S. The van der Waals surface area contributed by atoms with E-state index in [1.54, 1.807) is 16.8 Å². The van der Waals surface area contributed by atoms with Crippen molar-refractivity contribution in [3.05, 3.63) is 52.3 Å². The average molecular weight is 373 g/mol. The third kappa shape index (κ3) is 3.12. The summed E-state index contributed by atoms with van der Waals surface area (Å²) in [5.74, 6) is -0.436. The van der Waals surface area contributed by atoms with Crippen LogP contribution in [-0.2, 0) is 11.8 Å². The van der Waals surface area contributed by atoms with Gasteiger partial charge < -0.3 is 10.1 Å². The number of halogens is 1. The zero-order valence-electron chi connectivity index (χ0n) is 14.7. The Bertz CT molecular complexity index is 907. The molecule has 1 aliphatic heterocycles. The molecule has 0 spiro atoms. The predicted molar refractivity (Wildman–Crippen MR) is 98.9 cm³/mol. The van der Waals surface area contributed by atoms with E-state index in [0.29, 0.717) is 11.5 Å². The van der Waals surface area contributed by atoms with Crippen molar-refractivity contribution in [1.29, 1.82) is 0 Å². The highest BCUT2D eigenvalue weighted by Gasteiger charge is 2.29. The number of aryl methyl sites for hydroxylation is 2. The highest BCUT2D eigenvalue weighted by molar-refractivity contribution is 7.20. The number of fused-ring (bicyclic) bond motifs is 1. The maximum absolute atomic E-state index is 13.3. The number of carbonyl (C=O) groups is 1. The van der Waals surface area contributed by atoms with Gasteiger partial charge in [-0.25, -0.2) is 4.39 Å². The van der Waals surface area contributed by atoms with Gasteiger partial charge in [-0.1, -0.05) is 12.1 Å². The van der Waals surface area contributed by atoms with Crippen molar-refractivity contribution >= 4 is 27.5 Å². The number of carbonyl (C=O) groups excluding carboxylic acids is 1. The lowest BCUT2D eigenvalue weighted by atomic mass is 9.99. The van der Waals surface area contributed by atoms with Gasteiger partial charge in [0.25, 0.3) is 5.91 Å². The number of nitrogens with one attached hydrogen (secondary N) is 1. The number of amides is 1. The lowest BCUT2D eigenvalue weighted by Gasteiger charge is -2.24. The minimum atomic E-state index is -0.296. The number of hydrogen-bond acceptors (Lipinski definition) is 4. The molecule has 1 aromatic carbocycles. The van der Waals surface area contributed by atoms with Crippen molar-refractivity contribution in [1.82, 2.24) is 15.1 Å². The molecule has 1 saturated heterocycles. The molecule has 1 fully saturated rings. The third-order valence-electron chi connectivity index (χ3n) is 4.77. The van der Waals surface area contributed by atoms with Crippen molar-refractivity contribution in [3.63, 3.8) is 0 Å². The van der Waals surface area contributed by atoms with Crippen LogP contribution in [-0.4, -0.2) is 28.4 Å². The normalized spacial score (nSPS) is 18.3. The summed E-state index contributed by atoms with van der Waals surface area (Å²) in [5, 5.41) is 8.46. The van der Waals surface area contributed by atoms with E-state index in [0.717, 1.165) is 34.3 Å². The molecule has 0 aliphatic carbocycles.